The minimum Gasteiger partial charge on any atom is -0.491 e. The van der Waals surface area contributed by atoms with Gasteiger partial charge in [0, 0.05) is 30.3 Å². The lowest BCUT2D eigenvalue weighted by atomic mass is 10.0. The van der Waals surface area contributed by atoms with Crippen LogP contribution in [0.3, 0.4) is 0 Å². The summed E-state index contributed by atoms with van der Waals surface area (Å²) in [6, 6.07) is 8.15. The van der Waals surface area contributed by atoms with Gasteiger partial charge < -0.3 is 24.6 Å². The second-order valence-electron chi connectivity index (χ2n) is 9.32. The zero-order chi connectivity index (χ0) is 27.7. The Bertz CT molecular complexity index is 1150. The molecule has 10 heteroatoms. The Morgan fingerprint density at radius 3 is 2.66 bits per heavy atom. The van der Waals surface area contributed by atoms with Crippen LogP contribution in [0.1, 0.15) is 36.8 Å². The number of hydrogen-bond acceptors (Lipinski definition) is 10. The highest BCUT2D eigenvalue weighted by Crippen LogP contribution is 2.36. The monoisotopic (exact) mass is 542 g/mol. The van der Waals surface area contributed by atoms with E-state index in [0.29, 0.717) is 17.6 Å². The molecule has 2 N–H and O–H groups in total. The molecule has 0 spiro atoms. The quantitative estimate of drug-likeness (QED) is 0.376. The summed E-state index contributed by atoms with van der Waals surface area (Å²) in [4.78, 5) is 12.5. The zero-order valence-corrected chi connectivity index (χ0v) is 24.6. The van der Waals surface area contributed by atoms with Crippen LogP contribution in [0.2, 0.25) is 0 Å². The van der Waals surface area contributed by atoms with E-state index >= 15 is 0 Å². The average molecular weight is 543 g/mol. The lowest BCUT2D eigenvalue weighted by molar-refractivity contribution is 0.201. The van der Waals surface area contributed by atoms with Crippen molar-refractivity contribution in [2.45, 2.75) is 46.6 Å². The van der Waals surface area contributed by atoms with Crippen molar-refractivity contribution in [3.05, 3.63) is 41.3 Å². The lowest BCUT2D eigenvalue weighted by Gasteiger charge is -2.38. The molecule has 3 heterocycles. The molecule has 2 aromatic heterocycles. The summed E-state index contributed by atoms with van der Waals surface area (Å²) in [5.41, 5.74) is 4.47. The number of likely N-dealkylation sites (N-methyl/N-ethyl adjacent to an activating group) is 1. The number of ether oxygens (including phenoxy) is 1. The number of aryl methyl sites for hydroxylation is 2. The van der Waals surface area contributed by atoms with Gasteiger partial charge in [-0.15, -0.1) is 0 Å². The predicted octanol–water partition coefficient (Wildman–Crippen LogP) is 4.50. The van der Waals surface area contributed by atoms with Crippen LogP contribution in [0, 0.1) is 20.8 Å². The Labute approximate surface area is 231 Å². The standard InChI is InChI=1S/C25H33N5O3S.C3H9N/c1-16-23(22-17(2)28-33-18(22)3)26-24(19-8-6-10-21(14-19)32-13-12-31)27-25(16)30-11-7-9-20(15-30)29(4)34-5;1-3-4-2/h6,8,10,14,20,31H,7,9,11-13,15H2,1-5H3;4H,3H2,1-2H3. The van der Waals surface area contributed by atoms with E-state index in [9.17, 15) is 0 Å². The third-order valence-corrected chi connectivity index (χ3v) is 7.57. The topological polar surface area (TPSA) is 99.8 Å². The molecule has 4 rings (SSSR count). The van der Waals surface area contributed by atoms with E-state index in [0.717, 1.165) is 65.7 Å². The van der Waals surface area contributed by atoms with Crippen LogP contribution in [0.5, 0.6) is 5.75 Å². The number of piperidine rings is 1. The SMILES string of the molecule is CCNC.CSN(C)C1CCCN(c2nc(-c3cccc(OCCO)c3)nc(-c3c(C)noc3C)c2C)C1. The Balaban J connectivity index is 0.000000934. The van der Waals surface area contributed by atoms with Gasteiger partial charge in [-0.1, -0.05) is 36.2 Å². The van der Waals surface area contributed by atoms with E-state index in [-0.39, 0.29) is 13.2 Å². The summed E-state index contributed by atoms with van der Waals surface area (Å²) in [5.74, 6) is 3.00. The van der Waals surface area contributed by atoms with Gasteiger partial charge in [-0.2, -0.15) is 0 Å². The van der Waals surface area contributed by atoms with Gasteiger partial charge in [-0.05, 0) is 72.6 Å². The van der Waals surface area contributed by atoms with Crippen LogP contribution in [0.25, 0.3) is 22.6 Å². The Morgan fingerprint density at radius 1 is 1.26 bits per heavy atom. The van der Waals surface area contributed by atoms with Crippen molar-refractivity contribution in [1.82, 2.24) is 24.7 Å². The van der Waals surface area contributed by atoms with Crippen molar-refractivity contribution in [3.8, 4) is 28.4 Å². The maximum atomic E-state index is 9.12. The summed E-state index contributed by atoms with van der Waals surface area (Å²) in [6.07, 6.45) is 4.40. The first kappa shape index (κ1) is 29.9. The summed E-state index contributed by atoms with van der Waals surface area (Å²) in [7, 11) is 4.09. The van der Waals surface area contributed by atoms with Crippen molar-refractivity contribution in [1.29, 1.82) is 0 Å². The number of aliphatic hydroxyl groups is 1. The largest absolute Gasteiger partial charge is 0.491 e. The number of aliphatic hydroxyl groups excluding tert-OH is 1. The Hall–Kier alpha value is -2.66. The predicted molar refractivity (Wildman–Crippen MR) is 156 cm³/mol. The van der Waals surface area contributed by atoms with Gasteiger partial charge in [-0.25, -0.2) is 14.3 Å². The number of benzene rings is 1. The number of nitrogens with zero attached hydrogens (tertiary/aromatic N) is 5. The number of anilines is 1. The molecule has 208 valence electrons. The normalized spacial score (nSPS) is 15.4. The molecule has 0 radical (unpaired) electrons. The van der Waals surface area contributed by atoms with E-state index in [1.165, 1.54) is 6.42 Å². The molecule has 0 aliphatic carbocycles. The molecular formula is C28H42N6O3S. The second-order valence-corrected chi connectivity index (χ2v) is 10.3. The Kier molecular flexibility index (Phi) is 11.4. The average Bonchev–Trinajstić information content (AvgIpc) is 3.29. The molecule has 9 nitrogen and oxygen atoms in total. The van der Waals surface area contributed by atoms with Gasteiger partial charge in [0.15, 0.2) is 5.82 Å². The summed E-state index contributed by atoms with van der Waals surface area (Å²) in [5, 5.41) is 16.2. The molecule has 1 unspecified atom stereocenters. The summed E-state index contributed by atoms with van der Waals surface area (Å²) >= 11 is 1.77. The second kappa shape index (κ2) is 14.5. The van der Waals surface area contributed by atoms with Crippen LogP contribution in [-0.2, 0) is 0 Å². The highest BCUT2D eigenvalue weighted by Gasteiger charge is 2.28. The Morgan fingerprint density at radius 2 is 2.03 bits per heavy atom. The first-order valence-corrected chi connectivity index (χ1v) is 14.3. The minimum atomic E-state index is -0.0355. The van der Waals surface area contributed by atoms with Gasteiger partial charge in [0.05, 0.1) is 23.6 Å². The van der Waals surface area contributed by atoms with E-state index in [1.807, 2.05) is 45.2 Å². The molecule has 1 atom stereocenters. The van der Waals surface area contributed by atoms with Crippen LogP contribution in [-0.4, -0.2) is 83.8 Å². The fourth-order valence-electron chi connectivity index (χ4n) is 4.49. The van der Waals surface area contributed by atoms with Crippen molar-refractivity contribution in [2.75, 3.05) is 58.1 Å². The molecule has 0 amide bonds. The van der Waals surface area contributed by atoms with Crippen LogP contribution in [0.4, 0.5) is 5.82 Å². The fraction of sp³-hybridized carbons (Fsp3) is 0.536. The molecule has 1 saturated heterocycles. The van der Waals surface area contributed by atoms with Crippen LogP contribution in [0.15, 0.2) is 28.8 Å². The number of rotatable bonds is 9. The van der Waals surface area contributed by atoms with E-state index < -0.39 is 0 Å². The van der Waals surface area contributed by atoms with Crippen molar-refractivity contribution >= 4 is 17.8 Å². The first-order chi connectivity index (χ1) is 18.3. The zero-order valence-electron chi connectivity index (χ0n) is 23.7. The van der Waals surface area contributed by atoms with Crippen LogP contribution >= 0.6 is 11.9 Å². The highest BCUT2D eigenvalue weighted by atomic mass is 32.2. The van der Waals surface area contributed by atoms with Crippen molar-refractivity contribution < 1.29 is 14.4 Å². The molecule has 1 aromatic carbocycles. The molecule has 38 heavy (non-hydrogen) atoms. The third-order valence-electron chi connectivity index (χ3n) is 6.69. The third kappa shape index (κ3) is 7.25. The van der Waals surface area contributed by atoms with Gasteiger partial charge in [0.2, 0.25) is 0 Å². The molecule has 3 aromatic rings. The highest BCUT2D eigenvalue weighted by molar-refractivity contribution is 7.96. The van der Waals surface area contributed by atoms with Gasteiger partial charge >= 0.3 is 0 Å². The van der Waals surface area contributed by atoms with Crippen molar-refractivity contribution in [2.24, 2.45) is 0 Å². The maximum absolute atomic E-state index is 9.12. The number of nitrogens with one attached hydrogen (secondary N) is 1. The van der Waals surface area contributed by atoms with Crippen LogP contribution < -0.4 is 15.0 Å². The van der Waals surface area contributed by atoms with E-state index in [1.54, 1.807) is 11.9 Å². The van der Waals surface area contributed by atoms with Gasteiger partial charge in [0.25, 0.3) is 0 Å². The maximum Gasteiger partial charge on any atom is 0.162 e. The molecule has 0 bridgehead atoms. The number of hydrogen-bond donors (Lipinski definition) is 2. The molecular weight excluding hydrogens is 500 g/mol. The van der Waals surface area contributed by atoms with Crippen molar-refractivity contribution in [3.63, 3.8) is 0 Å². The molecule has 1 aliphatic heterocycles. The summed E-state index contributed by atoms with van der Waals surface area (Å²) < 4.78 is 13.5. The summed E-state index contributed by atoms with van der Waals surface area (Å²) in [6.45, 7) is 11.2. The fourth-order valence-corrected chi connectivity index (χ4v) is 4.96. The van der Waals surface area contributed by atoms with Gasteiger partial charge in [0.1, 0.15) is 23.9 Å². The smallest absolute Gasteiger partial charge is 0.162 e. The molecule has 1 aliphatic rings. The lowest BCUT2D eigenvalue weighted by Crippen LogP contribution is -2.45. The minimum absolute atomic E-state index is 0.0355. The first-order valence-electron chi connectivity index (χ1n) is 13.2. The van der Waals surface area contributed by atoms with E-state index in [2.05, 4.69) is 46.8 Å². The molecule has 1 fully saturated rings. The number of aromatic nitrogens is 3. The van der Waals surface area contributed by atoms with Gasteiger partial charge in [-0.3, -0.25) is 0 Å². The molecule has 0 saturated carbocycles. The van der Waals surface area contributed by atoms with E-state index in [4.69, 9.17) is 24.3 Å².